The molecule has 0 aliphatic rings. The Morgan fingerprint density at radius 2 is 0.780 bits per heavy atom. The van der Waals surface area contributed by atoms with Crippen molar-refractivity contribution in [2.24, 2.45) is 0 Å². The molecule has 0 radical (unpaired) electrons. The van der Waals surface area contributed by atoms with E-state index in [1.165, 1.54) is 198 Å². The lowest BCUT2D eigenvalue weighted by molar-refractivity contribution is -0.727. The third kappa shape index (κ3) is 21.5. The number of H-pyrrole nitrogens is 1. The number of aromatic nitrogens is 2. The van der Waals surface area contributed by atoms with Crippen molar-refractivity contribution >= 4 is 0 Å². The first-order chi connectivity index (χ1) is 20.2. The van der Waals surface area contributed by atoms with Crippen molar-refractivity contribution < 1.29 is 4.57 Å². The summed E-state index contributed by atoms with van der Waals surface area (Å²) in [6.07, 6.45) is 47.2. The molecule has 1 aromatic heterocycles. The number of hydrogen-bond donors (Lipinski definition) is 1. The average molecular weight is 574 g/mol. The van der Waals surface area contributed by atoms with Crippen LogP contribution < -0.4 is 4.57 Å². The molecule has 0 aliphatic heterocycles. The normalized spacial score (nSPS) is 13.2. The second kappa shape index (κ2) is 29.3. The van der Waals surface area contributed by atoms with Gasteiger partial charge in [0.2, 0.25) is 0 Å². The van der Waals surface area contributed by atoms with Gasteiger partial charge in [0.25, 0.3) is 5.82 Å². The molecule has 41 heavy (non-hydrogen) atoms. The van der Waals surface area contributed by atoms with Gasteiger partial charge in [-0.1, -0.05) is 188 Å². The molecule has 0 amide bonds. The predicted molar refractivity (Wildman–Crippen MR) is 184 cm³/mol. The van der Waals surface area contributed by atoms with E-state index in [9.17, 15) is 0 Å². The number of unbranched alkanes of at least 4 members (excludes halogenated alkanes) is 24. The Balaban J connectivity index is 2.32. The first-order valence-corrected chi connectivity index (χ1v) is 19.3. The van der Waals surface area contributed by atoms with E-state index in [0.717, 1.165) is 0 Å². The van der Waals surface area contributed by atoms with E-state index in [0.29, 0.717) is 12.0 Å². The molecule has 0 fully saturated rings. The van der Waals surface area contributed by atoms with Gasteiger partial charge in [-0.2, -0.15) is 0 Å². The van der Waals surface area contributed by atoms with Gasteiger partial charge in [-0.3, -0.25) is 0 Å². The molecule has 2 nitrogen and oxygen atoms in total. The quantitative estimate of drug-likeness (QED) is 0.0653. The van der Waals surface area contributed by atoms with Crippen molar-refractivity contribution in [2.45, 2.75) is 232 Å². The van der Waals surface area contributed by atoms with Crippen LogP contribution in [0.3, 0.4) is 0 Å². The molecular weight excluding hydrogens is 496 g/mol. The maximum absolute atomic E-state index is 3.73. The molecule has 0 bridgehead atoms. The van der Waals surface area contributed by atoms with Crippen molar-refractivity contribution in [3.8, 4) is 0 Å². The van der Waals surface area contributed by atoms with Crippen LogP contribution in [0.5, 0.6) is 0 Å². The summed E-state index contributed by atoms with van der Waals surface area (Å²) in [5.74, 6) is 2.24. The highest BCUT2D eigenvalue weighted by Gasteiger charge is 2.25. The van der Waals surface area contributed by atoms with Gasteiger partial charge in [-0.05, 0) is 32.6 Å². The first kappa shape index (κ1) is 38.2. The van der Waals surface area contributed by atoms with Crippen LogP contribution in [0.4, 0.5) is 0 Å². The number of nitrogens with one attached hydrogen (secondary N) is 1. The maximum Gasteiger partial charge on any atom is 0.257 e. The van der Waals surface area contributed by atoms with Crippen molar-refractivity contribution in [3.63, 3.8) is 0 Å². The highest BCUT2D eigenvalue weighted by atomic mass is 15.1. The molecule has 1 aromatic rings. The summed E-state index contributed by atoms with van der Waals surface area (Å²) in [4.78, 5) is 3.73. The molecule has 0 spiro atoms. The summed E-state index contributed by atoms with van der Waals surface area (Å²) in [5, 5.41) is 0. The Hall–Kier alpha value is -0.790. The molecule has 2 unspecified atom stereocenters. The minimum Gasteiger partial charge on any atom is -0.247 e. The van der Waals surface area contributed by atoms with Crippen LogP contribution in [-0.4, -0.2) is 4.98 Å². The van der Waals surface area contributed by atoms with Gasteiger partial charge in [0.1, 0.15) is 12.4 Å². The van der Waals surface area contributed by atoms with Crippen LogP contribution in [0.2, 0.25) is 0 Å². The molecule has 242 valence electrons. The molecule has 1 rings (SSSR count). The van der Waals surface area contributed by atoms with E-state index in [4.69, 9.17) is 0 Å². The van der Waals surface area contributed by atoms with Gasteiger partial charge < -0.3 is 0 Å². The summed E-state index contributed by atoms with van der Waals surface area (Å²) in [6, 6.07) is 0.620. The van der Waals surface area contributed by atoms with E-state index in [1.54, 1.807) is 0 Å². The van der Waals surface area contributed by atoms with Gasteiger partial charge in [-0.25, -0.2) is 9.55 Å². The standard InChI is InChI=1S/C39H76N2/c1-5-8-11-14-17-18-19-20-21-22-23-25-26-29-32-37(4)41-36-35-40-39(41)38(33-30-27-16-13-10-7-3)34-31-28-24-15-12-9-6-2/h35-38H,5-34H2,1-4H3/p+1. The fraction of sp³-hybridized carbons (Fsp3) is 0.923. The van der Waals surface area contributed by atoms with Crippen LogP contribution in [-0.2, 0) is 0 Å². The van der Waals surface area contributed by atoms with Crippen molar-refractivity contribution in [1.29, 1.82) is 0 Å². The highest BCUT2D eigenvalue weighted by Crippen LogP contribution is 2.27. The van der Waals surface area contributed by atoms with E-state index in [1.807, 2.05) is 0 Å². The lowest BCUT2D eigenvalue weighted by Crippen LogP contribution is -2.41. The van der Waals surface area contributed by atoms with E-state index in [-0.39, 0.29) is 0 Å². The molecule has 1 N–H and O–H groups in total. The summed E-state index contributed by atoms with van der Waals surface area (Å²) >= 11 is 0. The Labute approximate surface area is 259 Å². The SMILES string of the molecule is CCCCCCCCCCCCCCCCC(C)[n+]1cc[nH]c1C(CCCCCCCC)CCCCCCCCC. The number of rotatable bonds is 32. The van der Waals surface area contributed by atoms with Gasteiger partial charge in [0, 0.05) is 0 Å². The van der Waals surface area contributed by atoms with Gasteiger partial charge in [0.15, 0.2) is 0 Å². The van der Waals surface area contributed by atoms with Crippen molar-refractivity contribution in [3.05, 3.63) is 18.2 Å². The molecule has 0 aliphatic carbocycles. The fourth-order valence-electron chi connectivity index (χ4n) is 6.78. The lowest BCUT2D eigenvalue weighted by Gasteiger charge is -2.17. The Bertz CT molecular complexity index is 635. The van der Waals surface area contributed by atoms with Crippen LogP contribution in [0.1, 0.15) is 238 Å². The average Bonchev–Trinajstić information content (AvgIpc) is 3.47. The van der Waals surface area contributed by atoms with Gasteiger partial charge in [0.05, 0.1) is 12.0 Å². The monoisotopic (exact) mass is 574 g/mol. The summed E-state index contributed by atoms with van der Waals surface area (Å²) in [7, 11) is 0. The summed E-state index contributed by atoms with van der Waals surface area (Å²) < 4.78 is 2.63. The van der Waals surface area contributed by atoms with Crippen LogP contribution in [0.25, 0.3) is 0 Å². The topological polar surface area (TPSA) is 19.7 Å². The molecule has 2 atom stereocenters. The Kier molecular flexibility index (Phi) is 27.3. The summed E-state index contributed by atoms with van der Waals surface area (Å²) in [5.41, 5.74) is 0. The zero-order valence-electron chi connectivity index (χ0n) is 29.0. The summed E-state index contributed by atoms with van der Waals surface area (Å²) in [6.45, 7) is 9.42. The van der Waals surface area contributed by atoms with Crippen molar-refractivity contribution in [2.75, 3.05) is 0 Å². The van der Waals surface area contributed by atoms with Crippen LogP contribution in [0, 0.1) is 0 Å². The molecular formula is C39H77N2+. The molecule has 0 saturated heterocycles. The van der Waals surface area contributed by atoms with E-state index < -0.39 is 0 Å². The second-order valence-electron chi connectivity index (χ2n) is 13.6. The first-order valence-electron chi connectivity index (χ1n) is 19.3. The minimum atomic E-state index is 0.620. The fourth-order valence-corrected chi connectivity index (χ4v) is 6.78. The zero-order chi connectivity index (χ0) is 29.6. The molecule has 2 heteroatoms. The van der Waals surface area contributed by atoms with Crippen molar-refractivity contribution in [1.82, 2.24) is 4.98 Å². The van der Waals surface area contributed by atoms with E-state index in [2.05, 4.69) is 49.6 Å². The zero-order valence-corrected chi connectivity index (χ0v) is 29.0. The largest absolute Gasteiger partial charge is 0.257 e. The van der Waals surface area contributed by atoms with Crippen LogP contribution in [0.15, 0.2) is 12.4 Å². The third-order valence-electron chi connectivity index (χ3n) is 9.64. The Morgan fingerprint density at radius 1 is 0.463 bits per heavy atom. The third-order valence-corrected chi connectivity index (χ3v) is 9.64. The molecule has 0 saturated carbocycles. The molecule has 1 heterocycles. The highest BCUT2D eigenvalue weighted by molar-refractivity contribution is 4.90. The number of nitrogens with zero attached hydrogens (tertiary/aromatic N) is 1. The Morgan fingerprint density at radius 3 is 1.15 bits per heavy atom. The predicted octanol–water partition coefficient (Wildman–Crippen LogP) is 13.7. The van der Waals surface area contributed by atoms with Gasteiger partial charge >= 0.3 is 0 Å². The lowest BCUT2D eigenvalue weighted by atomic mass is 9.93. The van der Waals surface area contributed by atoms with Gasteiger partial charge in [-0.15, -0.1) is 0 Å². The maximum atomic E-state index is 3.73. The number of hydrogen-bond acceptors (Lipinski definition) is 0. The second-order valence-corrected chi connectivity index (χ2v) is 13.6. The number of imidazole rings is 1. The molecule has 0 aromatic carbocycles. The smallest absolute Gasteiger partial charge is 0.247 e. The number of aromatic amines is 1. The minimum absolute atomic E-state index is 0.620. The van der Waals surface area contributed by atoms with E-state index >= 15 is 0 Å². The van der Waals surface area contributed by atoms with Crippen LogP contribution >= 0.6 is 0 Å².